The van der Waals surface area contributed by atoms with E-state index in [0.29, 0.717) is 119 Å². The van der Waals surface area contributed by atoms with E-state index in [2.05, 4.69) is 84.7 Å². The second-order valence-electron chi connectivity index (χ2n) is 27.8. The van der Waals surface area contributed by atoms with Gasteiger partial charge in [0.05, 0.1) is 49.5 Å². The van der Waals surface area contributed by atoms with Crippen LogP contribution in [0.4, 0.5) is 48.9 Å². The molecule has 40 nitrogen and oxygen atoms in total. The van der Waals surface area contributed by atoms with E-state index < -0.39 is 52.5 Å². The fraction of sp³-hybridized carbons (Fsp3) is 0.536. The molecular formula is C69H101ClK2LiN21O19. The maximum atomic E-state index is 12.7. The number of halogens is 1. The molecule has 5 N–H and O–H groups in total. The third-order valence-electron chi connectivity index (χ3n) is 14.2. The van der Waals surface area contributed by atoms with Gasteiger partial charge in [0, 0.05) is 184 Å². The number of hydrogen-bond acceptors (Lipinski definition) is 35. The van der Waals surface area contributed by atoms with Crippen molar-refractivity contribution >= 4 is 90.1 Å². The molecule has 3 aliphatic rings. The molecular weight excluding hydrogens is 1550 g/mol. The van der Waals surface area contributed by atoms with Crippen molar-refractivity contribution in [2.75, 3.05) is 130 Å². The molecule has 3 aliphatic heterocycles. The topological polar surface area (TPSA) is 499 Å². The number of aromatic carboxylic acids is 1. The summed E-state index contributed by atoms with van der Waals surface area (Å²) in [7, 11) is 3.39. The molecule has 0 bridgehead atoms. The molecule has 0 saturated carbocycles. The molecule has 0 unspecified atom stereocenters. The van der Waals surface area contributed by atoms with Crippen LogP contribution in [0.25, 0.3) is 0 Å². The van der Waals surface area contributed by atoms with Crippen LogP contribution in [0, 0.1) is 0 Å². The number of carbonyl (C=O) groups is 8. The van der Waals surface area contributed by atoms with Gasteiger partial charge in [-0.25, -0.2) is 98.3 Å². The Bertz CT molecular complexity index is 3820. The van der Waals surface area contributed by atoms with Gasteiger partial charge in [-0.2, -0.15) is 0 Å². The summed E-state index contributed by atoms with van der Waals surface area (Å²) in [6, 6.07) is 0. The predicted molar refractivity (Wildman–Crippen MR) is 397 cm³/mol. The van der Waals surface area contributed by atoms with Crippen molar-refractivity contribution in [1.29, 1.82) is 0 Å². The first-order valence-corrected chi connectivity index (χ1v) is 34.7. The minimum atomic E-state index is -1.07. The van der Waals surface area contributed by atoms with E-state index in [9.17, 15) is 33.6 Å². The number of carboxylic acid groups (broad SMARTS) is 1. The summed E-state index contributed by atoms with van der Waals surface area (Å²) in [6.45, 7) is 34.9. The van der Waals surface area contributed by atoms with Crippen molar-refractivity contribution in [2.45, 2.75) is 139 Å². The Morgan fingerprint density at radius 2 is 0.699 bits per heavy atom. The molecule has 0 aromatic carbocycles. The van der Waals surface area contributed by atoms with Gasteiger partial charge in [-0.15, -0.1) is 0 Å². The molecule has 0 aliphatic carbocycles. The average molecular weight is 1650 g/mol. The zero-order valence-electron chi connectivity index (χ0n) is 68.8. The maximum Gasteiger partial charge on any atom is 1.00 e. The van der Waals surface area contributed by atoms with Gasteiger partial charge in [-0.1, -0.05) is 0 Å². The third kappa shape index (κ3) is 39.2. The number of anilines is 5. The molecule has 0 radical (unpaired) electrons. The average Bonchev–Trinajstić information content (AvgIpc) is 0.830. The van der Waals surface area contributed by atoms with E-state index in [4.69, 9.17) is 55.2 Å². The molecule has 0 atom stereocenters. The van der Waals surface area contributed by atoms with E-state index >= 15 is 0 Å². The van der Waals surface area contributed by atoms with E-state index in [0.717, 1.165) is 48.2 Å². The SMILES string of the molecule is CC(C)(C)OC(=O)N(Cc1cnc(N2CCN(c3ncc(C(=O)O)cn3)CC2)nc1)C(=O)OC(C)(C)C.CCOC(=O)c1cnc(Cl)nc1.CCOC(=O)c1cnc(N2CCN(c3ncc(CN(C)C(=O)OC(C)(C)C)cn3)CC2)nc1.CN(Cc1cnc(N2CCNCC2)nc1)C(=O)OC(C)(C)C.O.O=CO[O-].[H-].[K+].[K+].[Li+].[OH-]. The number of amides is 4. The first kappa shape index (κ1) is 106. The molecule has 606 valence electrons. The van der Waals surface area contributed by atoms with Crippen LogP contribution in [-0.4, -0.2) is 268 Å². The molecule has 3 saturated heterocycles. The predicted octanol–water partition coefficient (Wildman–Crippen LogP) is -3.78. The van der Waals surface area contributed by atoms with Crippen LogP contribution in [0.2, 0.25) is 5.28 Å². The zero-order valence-corrected chi connectivity index (χ0v) is 74.8. The number of esters is 2. The Balaban J connectivity index is 0. The van der Waals surface area contributed by atoms with Crippen molar-refractivity contribution in [3.63, 3.8) is 0 Å². The summed E-state index contributed by atoms with van der Waals surface area (Å²) >= 11 is 5.42. The van der Waals surface area contributed by atoms with Crippen molar-refractivity contribution in [2.24, 2.45) is 0 Å². The number of imide groups is 1. The fourth-order valence-corrected chi connectivity index (χ4v) is 9.36. The van der Waals surface area contributed by atoms with E-state index in [1.54, 1.807) is 107 Å². The van der Waals surface area contributed by atoms with Gasteiger partial charge in [0.15, 0.2) is 0 Å². The Morgan fingerprint density at radius 3 is 0.956 bits per heavy atom. The standard InChI is InChI=1S/C24H33N7O6.C22H31N7O4.C15H25N5O2.C7H7ClN2O2.CH2O3.2K.Li.2H2O.H/c1-23(2,3)36-21(34)31(22(35)37-24(4,5)6)15-16-11-25-19(26-12-16)29-7-9-30(10-8-29)20-27-13-17(14-28-20)18(32)33;1-6-32-18(30)17-13-25-20(26-14-17)29-9-7-28(8-10-29)19-23-11-16(12-24-19)15-27(5)21(31)33-22(2,3)4;1-15(2,3)22-14(21)19(4)11-12-9-17-13(18-10-12)20-7-5-16-6-8-20;1-2-12-6(11)5-3-9-7(8)10-4-5;2-1-4-3;;;;;;/h11-14H,7-10,15H2,1-6H3,(H,32,33);11-14H,6-10,15H2,1-5H3;9-10,16H,5-8,11H2,1-4H3;3-4H,2H2,1H3;1,3H;;;;2*1H2;/q;;;;;3*+1;;;-1/p-2. The van der Waals surface area contributed by atoms with Crippen LogP contribution in [-0.2, 0) is 57.7 Å². The minimum Gasteiger partial charge on any atom is -1.00 e. The summed E-state index contributed by atoms with van der Waals surface area (Å²) in [6.07, 6.45) is 15.9. The van der Waals surface area contributed by atoms with Gasteiger partial charge >= 0.3 is 164 Å². The zero-order chi connectivity index (χ0) is 79.9. The van der Waals surface area contributed by atoms with Gasteiger partial charge in [0.2, 0.25) is 35.0 Å². The van der Waals surface area contributed by atoms with Gasteiger partial charge in [-0.05, 0) is 109 Å². The van der Waals surface area contributed by atoms with E-state index in [1.165, 1.54) is 47.0 Å². The number of nitrogens with one attached hydrogen (secondary N) is 1. The molecule has 6 aromatic heterocycles. The van der Waals surface area contributed by atoms with Gasteiger partial charge in [-0.3, -0.25) is 4.79 Å². The summed E-state index contributed by atoms with van der Waals surface area (Å²) in [5.41, 5.74) is 0.306. The maximum absolute atomic E-state index is 12.7. The largest absolute Gasteiger partial charge is 1.00 e. The van der Waals surface area contributed by atoms with Crippen LogP contribution < -0.4 is 157 Å². The third-order valence-corrected chi connectivity index (χ3v) is 14.4. The Kier molecular flexibility index (Phi) is 48.2. The van der Waals surface area contributed by atoms with Crippen molar-refractivity contribution in [3.8, 4) is 0 Å². The first-order chi connectivity index (χ1) is 50.9. The number of hydrogen-bond donors (Lipinski definition) is 2. The molecule has 44 heteroatoms. The normalized spacial score (nSPS) is 13.0. The van der Waals surface area contributed by atoms with Crippen LogP contribution >= 0.6 is 11.6 Å². The monoisotopic (exact) mass is 1650 g/mol. The first-order valence-electron chi connectivity index (χ1n) is 34.3. The molecule has 4 amide bonds. The quantitative estimate of drug-likeness (QED) is 0.0168. The van der Waals surface area contributed by atoms with Gasteiger partial charge in [0.25, 0.3) is 6.47 Å². The number of ether oxygens (including phenoxy) is 6. The second-order valence-corrected chi connectivity index (χ2v) is 28.1. The summed E-state index contributed by atoms with van der Waals surface area (Å²) in [5, 5.41) is 20.8. The Morgan fingerprint density at radius 1 is 0.460 bits per heavy atom. The Hall–Kier alpha value is -7.36. The summed E-state index contributed by atoms with van der Waals surface area (Å²) in [4.78, 5) is 159. The number of carbonyl (C=O) groups excluding carboxylic acids is 7. The Labute approximate surface area is 760 Å². The smallest absolute Gasteiger partial charge is 1.00 e. The van der Waals surface area contributed by atoms with Crippen molar-refractivity contribution < 1.29 is 216 Å². The molecule has 9 rings (SSSR count). The van der Waals surface area contributed by atoms with E-state index in [-0.39, 0.29) is 170 Å². The van der Waals surface area contributed by atoms with E-state index in [1.807, 2.05) is 51.3 Å². The van der Waals surface area contributed by atoms with Crippen molar-refractivity contribution in [3.05, 3.63) is 113 Å². The molecule has 0 spiro atoms. The van der Waals surface area contributed by atoms with Gasteiger partial charge < -0.3 is 95.7 Å². The number of rotatable bonds is 17. The fourth-order valence-electron chi connectivity index (χ4n) is 9.26. The minimum absolute atomic E-state index is 0. The number of nitrogens with zero attached hydrogens (tertiary/aromatic N) is 20. The molecule has 6 aromatic rings. The van der Waals surface area contributed by atoms with Gasteiger partial charge in [0.1, 0.15) is 22.4 Å². The van der Waals surface area contributed by atoms with Crippen LogP contribution in [0.5, 0.6) is 0 Å². The van der Waals surface area contributed by atoms with Crippen molar-refractivity contribution in [1.82, 2.24) is 79.8 Å². The van der Waals surface area contributed by atoms with Crippen LogP contribution in [0.3, 0.4) is 0 Å². The summed E-state index contributed by atoms with van der Waals surface area (Å²) < 4.78 is 31.1. The number of piperazine rings is 3. The second kappa shape index (κ2) is 51.6. The molecule has 113 heavy (non-hydrogen) atoms. The molecule has 3 fully saturated rings. The van der Waals surface area contributed by atoms with Crippen LogP contribution in [0.15, 0.2) is 74.4 Å². The van der Waals surface area contributed by atoms with Crippen LogP contribution in [0.1, 0.15) is 146 Å². The number of aromatic nitrogens is 12. The number of carboxylic acids is 1. The molecule has 9 heterocycles. The summed E-state index contributed by atoms with van der Waals surface area (Å²) in [5.74, 6) is 0.987.